The van der Waals surface area contributed by atoms with Crippen LogP contribution in [-0.2, 0) is 0 Å². The summed E-state index contributed by atoms with van der Waals surface area (Å²) in [5.41, 5.74) is 0.664. The van der Waals surface area contributed by atoms with Crippen LogP contribution in [0, 0.1) is 12.7 Å². The Bertz CT molecular complexity index is 205. The van der Waals surface area contributed by atoms with Crippen LogP contribution < -0.4 is 0 Å². The summed E-state index contributed by atoms with van der Waals surface area (Å²) in [6, 6.07) is 0. The van der Waals surface area contributed by atoms with E-state index in [1.54, 1.807) is 6.92 Å². The van der Waals surface area contributed by atoms with E-state index in [4.69, 9.17) is 11.6 Å². The van der Waals surface area contributed by atoms with Crippen LogP contribution in [0.1, 0.15) is 19.4 Å². The highest BCUT2D eigenvalue weighted by molar-refractivity contribution is 6.31. The maximum absolute atomic E-state index is 12.4. The second-order valence-electron chi connectivity index (χ2n) is 1.75. The van der Waals surface area contributed by atoms with Crippen LogP contribution in [0.3, 0.4) is 0 Å². The zero-order valence-electron chi connectivity index (χ0n) is 6.86. The summed E-state index contributed by atoms with van der Waals surface area (Å²) in [5.74, 6) is -0.461. The number of pyridine rings is 1. The molecule has 0 spiro atoms. The second-order valence-corrected chi connectivity index (χ2v) is 2.13. The molecule has 0 radical (unpaired) electrons. The Kier molecular flexibility index (Phi) is 4.79. The van der Waals surface area contributed by atoms with Gasteiger partial charge >= 0.3 is 0 Å². The van der Waals surface area contributed by atoms with Gasteiger partial charge in [0.25, 0.3) is 0 Å². The van der Waals surface area contributed by atoms with E-state index in [1.807, 2.05) is 13.8 Å². The smallest absolute Gasteiger partial charge is 0.160 e. The van der Waals surface area contributed by atoms with Gasteiger partial charge in [-0.05, 0) is 12.5 Å². The van der Waals surface area contributed by atoms with Crippen molar-refractivity contribution in [2.75, 3.05) is 0 Å². The van der Waals surface area contributed by atoms with Gasteiger partial charge in [-0.2, -0.15) is 0 Å². The molecule has 1 aromatic rings. The first kappa shape index (κ1) is 10.4. The van der Waals surface area contributed by atoms with Crippen molar-refractivity contribution in [1.29, 1.82) is 0 Å². The molecule has 0 unspecified atom stereocenters. The molecule has 0 atom stereocenters. The number of hydrogen-bond donors (Lipinski definition) is 0. The number of aromatic nitrogens is 1. The third kappa shape index (κ3) is 2.85. The molecule has 1 heterocycles. The second kappa shape index (κ2) is 5.08. The summed E-state index contributed by atoms with van der Waals surface area (Å²) >= 11 is 5.46. The molecule has 1 nitrogen and oxygen atoms in total. The molecule has 0 aromatic carbocycles. The molecule has 0 aliphatic heterocycles. The Hall–Kier alpha value is -0.630. The molecule has 0 amide bonds. The molecule has 3 heteroatoms. The minimum atomic E-state index is -0.461. The van der Waals surface area contributed by atoms with Crippen LogP contribution in [-0.4, -0.2) is 4.98 Å². The predicted octanol–water partition coefficient (Wildman–Crippen LogP) is 3.21. The molecular formula is C8H11ClFN. The zero-order chi connectivity index (χ0) is 8.85. The summed E-state index contributed by atoms with van der Waals surface area (Å²) in [7, 11) is 0. The fraction of sp³-hybridized carbons (Fsp3) is 0.375. The number of rotatable bonds is 0. The van der Waals surface area contributed by atoms with Gasteiger partial charge < -0.3 is 0 Å². The van der Waals surface area contributed by atoms with Gasteiger partial charge in [-0.3, -0.25) is 4.98 Å². The molecule has 1 rings (SSSR count). The van der Waals surface area contributed by atoms with Crippen LogP contribution in [0.4, 0.5) is 4.39 Å². The summed E-state index contributed by atoms with van der Waals surface area (Å²) in [6.07, 6.45) is 2.61. The summed E-state index contributed by atoms with van der Waals surface area (Å²) in [5, 5.41) is 0.157. The normalized spacial score (nSPS) is 8.45. The van der Waals surface area contributed by atoms with E-state index in [9.17, 15) is 4.39 Å². The maximum Gasteiger partial charge on any atom is 0.160 e. The first-order chi connectivity index (χ1) is 5.22. The van der Waals surface area contributed by atoms with Crippen molar-refractivity contribution >= 4 is 11.6 Å². The average molecular weight is 176 g/mol. The van der Waals surface area contributed by atoms with E-state index in [0.717, 1.165) is 6.20 Å². The molecule has 0 N–H and O–H groups in total. The topological polar surface area (TPSA) is 12.9 Å². The van der Waals surface area contributed by atoms with Crippen molar-refractivity contribution in [3.8, 4) is 0 Å². The molecule has 0 aliphatic rings. The Morgan fingerprint density at radius 2 is 1.91 bits per heavy atom. The monoisotopic (exact) mass is 175 g/mol. The molecule has 0 aliphatic carbocycles. The van der Waals surface area contributed by atoms with Gasteiger partial charge in [-0.25, -0.2) is 4.39 Å². The number of nitrogens with zero attached hydrogens (tertiary/aromatic N) is 1. The highest BCUT2D eigenvalue weighted by Crippen LogP contribution is 2.15. The third-order valence-electron chi connectivity index (χ3n) is 1.01. The minimum Gasteiger partial charge on any atom is -0.261 e. The quantitative estimate of drug-likeness (QED) is 0.590. The molecule has 1 aromatic heterocycles. The Morgan fingerprint density at radius 3 is 2.27 bits per heavy atom. The van der Waals surface area contributed by atoms with E-state index in [1.165, 1.54) is 6.20 Å². The lowest BCUT2D eigenvalue weighted by Crippen LogP contribution is -1.82. The maximum atomic E-state index is 12.4. The number of hydrogen-bond acceptors (Lipinski definition) is 1. The van der Waals surface area contributed by atoms with Gasteiger partial charge in [0, 0.05) is 6.20 Å². The molecule has 0 fully saturated rings. The van der Waals surface area contributed by atoms with Crippen molar-refractivity contribution in [3.05, 3.63) is 28.8 Å². The summed E-state index contributed by atoms with van der Waals surface area (Å²) in [4.78, 5) is 3.59. The first-order valence-corrected chi connectivity index (χ1v) is 3.85. The van der Waals surface area contributed by atoms with Crippen molar-refractivity contribution < 1.29 is 4.39 Å². The van der Waals surface area contributed by atoms with E-state index < -0.39 is 5.82 Å². The van der Waals surface area contributed by atoms with Gasteiger partial charge in [0.15, 0.2) is 5.82 Å². The van der Waals surface area contributed by atoms with Crippen LogP contribution in [0.25, 0.3) is 0 Å². The van der Waals surface area contributed by atoms with E-state index in [-0.39, 0.29) is 5.02 Å². The van der Waals surface area contributed by atoms with Gasteiger partial charge in [0.2, 0.25) is 0 Å². The molecule has 62 valence electrons. The third-order valence-corrected chi connectivity index (χ3v) is 1.49. The van der Waals surface area contributed by atoms with E-state index >= 15 is 0 Å². The fourth-order valence-electron chi connectivity index (χ4n) is 0.516. The fourth-order valence-corrected chi connectivity index (χ4v) is 0.614. The highest BCUT2D eigenvalue weighted by Gasteiger charge is 1.99. The average Bonchev–Trinajstić information content (AvgIpc) is 2.04. The van der Waals surface area contributed by atoms with Gasteiger partial charge in [0.1, 0.15) is 0 Å². The van der Waals surface area contributed by atoms with Crippen molar-refractivity contribution in [2.45, 2.75) is 20.8 Å². The summed E-state index contributed by atoms with van der Waals surface area (Å²) in [6.45, 7) is 5.71. The van der Waals surface area contributed by atoms with E-state index in [0.29, 0.717) is 5.56 Å². The lowest BCUT2D eigenvalue weighted by molar-refractivity contribution is 0.620. The standard InChI is InChI=1S/C6H5ClFN.C2H6/c1-4-2-9-3-5(8)6(4)7;1-2/h2-3H,1H3;1-2H3. The summed E-state index contributed by atoms with van der Waals surface area (Å²) < 4.78 is 12.4. The van der Waals surface area contributed by atoms with Crippen LogP contribution in [0.2, 0.25) is 5.02 Å². The predicted molar refractivity (Wildman–Crippen MR) is 45.3 cm³/mol. The van der Waals surface area contributed by atoms with E-state index in [2.05, 4.69) is 4.98 Å². The van der Waals surface area contributed by atoms with Gasteiger partial charge in [-0.1, -0.05) is 25.4 Å². The van der Waals surface area contributed by atoms with Gasteiger partial charge in [0.05, 0.1) is 11.2 Å². The number of halogens is 2. The van der Waals surface area contributed by atoms with Crippen molar-refractivity contribution in [1.82, 2.24) is 4.98 Å². The van der Waals surface area contributed by atoms with Crippen LogP contribution in [0.15, 0.2) is 12.4 Å². The van der Waals surface area contributed by atoms with Crippen LogP contribution in [0.5, 0.6) is 0 Å². The SMILES string of the molecule is CC.Cc1cncc(F)c1Cl. The van der Waals surface area contributed by atoms with Crippen molar-refractivity contribution in [3.63, 3.8) is 0 Å². The largest absolute Gasteiger partial charge is 0.261 e. The van der Waals surface area contributed by atoms with Crippen molar-refractivity contribution in [2.24, 2.45) is 0 Å². The minimum absolute atomic E-state index is 0.157. The lowest BCUT2D eigenvalue weighted by Gasteiger charge is -1.94. The number of aryl methyl sites for hydroxylation is 1. The molecule has 0 saturated carbocycles. The first-order valence-electron chi connectivity index (χ1n) is 3.47. The highest BCUT2D eigenvalue weighted by atomic mass is 35.5. The van der Waals surface area contributed by atoms with Crippen LogP contribution >= 0.6 is 11.6 Å². The molecular weight excluding hydrogens is 165 g/mol. The van der Waals surface area contributed by atoms with Gasteiger partial charge in [-0.15, -0.1) is 0 Å². The molecule has 0 bridgehead atoms. The molecule has 0 saturated heterocycles. The Labute approximate surface area is 71.2 Å². The lowest BCUT2D eigenvalue weighted by atomic mass is 10.3. The Balaban J connectivity index is 0.000000461. The Morgan fingerprint density at radius 1 is 1.36 bits per heavy atom. The zero-order valence-corrected chi connectivity index (χ0v) is 7.61. The molecule has 11 heavy (non-hydrogen) atoms.